The van der Waals surface area contributed by atoms with Gasteiger partial charge in [-0.15, -0.1) is 0 Å². The van der Waals surface area contributed by atoms with E-state index in [4.69, 9.17) is 27.8 Å². The van der Waals surface area contributed by atoms with E-state index >= 15 is 0 Å². The zero-order valence-electron chi connectivity index (χ0n) is 7.81. The third-order valence-electron chi connectivity index (χ3n) is 2.15. The summed E-state index contributed by atoms with van der Waals surface area (Å²) in [5, 5.41) is 0.875. The van der Waals surface area contributed by atoms with E-state index in [0.717, 1.165) is 0 Å². The largest absolute Gasteiger partial charge is 0.296 e. The minimum atomic E-state index is -4.40. The molecule has 0 atom stereocenters. The van der Waals surface area contributed by atoms with Gasteiger partial charge in [-0.1, -0.05) is 47.5 Å². The van der Waals surface area contributed by atoms with Gasteiger partial charge in [0.15, 0.2) is 0 Å². The van der Waals surface area contributed by atoms with Crippen LogP contribution in [0.5, 0.6) is 0 Å². The van der Waals surface area contributed by atoms with Crippen LogP contribution in [0.1, 0.15) is 0 Å². The van der Waals surface area contributed by atoms with Gasteiger partial charge in [0.25, 0.3) is 10.1 Å². The summed E-state index contributed by atoms with van der Waals surface area (Å²) in [7, 11) is -4.40. The first-order chi connectivity index (χ1) is 7.41. The highest BCUT2D eigenvalue weighted by atomic mass is 35.5. The Balaban J connectivity index is 3.05. The fourth-order valence-electron chi connectivity index (χ4n) is 1.51. The smallest absolute Gasteiger partial charge is 0.282 e. The minimum absolute atomic E-state index is 0.0907. The van der Waals surface area contributed by atoms with Crippen molar-refractivity contribution in [1.29, 1.82) is 0 Å². The Bertz CT molecular complexity index is 665. The fraction of sp³-hybridized carbons (Fsp3) is 0. The second kappa shape index (κ2) is 3.89. The van der Waals surface area contributed by atoms with E-state index in [-0.39, 0.29) is 14.9 Å². The Kier molecular flexibility index (Phi) is 2.84. The molecule has 0 aliphatic carbocycles. The van der Waals surface area contributed by atoms with Crippen LogP contribution in [-0.4, -0.2) is 13.0 Å². The van der Waals surface area contributed by atoms with Crippen LogP contribution in [0.4, 0.5) is 0 Å². The number of fused-ring (bicyclic) bond motifs is 1. The molecule has 0 spiro atoms. The first kappa shape index (κ1) is 11.7. The molecule has 0 radical (unpaired) electrons. The van der Waals surface area contributed by atoms with Crippen LogP contribution in [0.2, 0.25) is 10.0 Å². The summed E-state index contributed by atoms with van der Waals surface area (Å²) in [4.78, 5) is -0.350. The molecule has 0 aromatic heterocycles. The zero-order valence-corrected chi connectivity index (χ0v) is 10.1. The highest BCUT2D eigenvalue weighted by Crippen LogP contribution is 2.35. The van der Waals surface area contributed by atoms with Gasteiger partial charge < -0.3 is 0 Å². The van der Waals surface area contributed by atoms with Crippen molar-refractivity contribution < 1.29 is 13.0 Å². The van der Waals surface area contributed by atoms with Crippen LogP contribution in [-0.2, 0) is 10.1 Å². The SMILES string of the molecule is O=S(=O)(O)c1c(Cl)c(Cl)cc2ccccc12. The lowest BCUT2D eigenvalue weighted by molar-refractivity contribution is 0.484. The van der Waals surface area contributed by atoms with Gasteiger partial charge in [-0.3, -0.25) is 4.55 Å². The van der Waals surface area contributed by atoms with Gasteiger partial charge in [-0.25, -0.2) is 0 Å². The molecule has 0 saturated carbocycles. The molecule has 3 nitrogen and oxygen atoms in total. The number of benzene rings is 2. The number of hydrogen-bond acceptors (Lipinski definition) is 2. The predicted molar refractivity (Wildman–Crippen MR) is 63.8 cm³/mol. The summed E-state index contributed by atoms with van der Waals surface area (Å²) in [6.07, 6.45) is 0. The molecule has 16 heavy (non-hydrogen) atoms. The van der Waals surface area contributed by atoms with E-state index in [1.165, 1.54) is 0 Å². The summed E-state index contributed by atoms with van der Waals surface area (Å²) in [5.74, 6) is 0. The van der Waals surface area contributed by atoms with Crippen LogP contribution in [0.25, 0.3) is 10.8 Å². The maximum atomic E-state index is 11.2. The molecular weight excluding hydrogens is 271 g/mol. The van der Waals surface area contributed by atoms with Crippen LogP contribution < -0.4 is 0 Å². The Morgan fingerprint density at radius 1 is 1.12 bits per heavy atom. The lowest BCUT2D eigenvalue weighted by Gasteiger charge is -2.07. The standard InChI is InChI=1S/C10H6Cl2O3S/c11-8-5-6-3-1-2-4-7(6)10(9(8)12)16(13,14)15/h1-5H,(H,13,14,15). The summed E-state index contributed by atoms with van der Waals surface area (Å²) >= 11 is 11.6. The Morgan fingerprint density at radius 3 is 2.38 bits per heavy atom. The van der Waals surface area contributed by atoms with E-state index in [1.54, 1.807) is 30.3 Å². The van der Waals surface area contributed by atoms with Gasteiger partial charge in [-0.2, -0.15) is 8.42 Å². The molecular formula is C10H6Cl2O3S. The van der Waals surface area contributed by atoms with Crippen molar-refractivity contribution in [3.8, 4) is 0 Å². The molecule has 0 heterocycles. The highest BCUT2D eigenvalue weighted by molar-refractivity contribution is 7.86. The molecule has 0 amide bonds. The first-order valence-electron chi connectivity index (χ1n) is 4.25. The highest BCUT2D eigenvalue weighted by Gasteiger charge is 2.20. The van der Waals surface area contributed by atoms with Gasteiger partial charge >= 0.3 is 0 Å². The molecule has 0 aliphatic heterocycles. The van der Waals surface area contributed by atoms with Gasteiger partial charge in [0, 0.05) is 5.39 Å². The van der Waals surface area contributed by atoms with Gasteiger partial charge in [-0.05, 0) is 11.5 Å². The molecule has 2 rings (SSSR count). The third-order valence-corrected chi connectivity index (χ3v) is 3.99. The maximum Gasteiger partial charge on any atom is 0.296 e. The van der Waals surface area contributed by atoms with E-state index in [0.29, 0.717) is 10.8 Å². The first-order valence-corrected chi connectivity index (χ1v) is 6.45. The molecule has 1 N–H and O–H groups in total. The second-order valence-electron chi connectivity index (χ2n) is 3.20. The normalized spacial score (nSPS) is 11.9. The average molecular weight is 277 g/mol. The summed E-state index contributed by atoms with van der Waals surface area (Å²) in [6, 6.07) is 8.18. The molecule has 2 aromatic rings. The quantitative estimate of drug-likeness (QED) is 0.813. The van der Waals surface area contributed by atoms with Crippen LogP contribution in [0.3, 0.4) is 0 Å². The lowest BCUT2D eigenvalue weighted by atomic mass is 10.1. The molecule has 0 unspecified atom stereocenters. The van der Waals surface area contributed by atoms with E-state index < -0.39 is 10.1 Å². The fourth-order valence-corrected chi connectivity index (χ4v) is 3.03. The van der Waals surface area contributed by atoms with Gasteiger partial charge in [0.2, 0.25) is 0 Å². The van der Waals surface area contributed by atoms with E-state index in [1.807, 2.05) is 0 Å². The van der Waals surface area contributed by atoms with Crippen molar-refractivity contribution in [3.05, 3.63) is 40.4 Å². The number of rotatable bonds is 1. The van der Waals surface area contributed by atoms with Crippen molar-refractivity contribution in [2.75, 3.05) is 0 Å². The Labute approximate surface area is 102 Å². The zero-order chi connectivity index (χ0) is 11.9. The molecule has 0 bridgehead atoms. The molecule has 6 heteroatoms. The monoisotopic (exact) mass is 276 g/mol. The Hall–Kier alpha value is -0.810. The van der Waals surface area contributed by atoms with Crippen molar-refractivity contribution in [2.45, 2.75) is 4.90 Å². The third kappa shape index (κ3) is 1.89. The summed E-state index contributed by atoms with van der Waals surface area (Å²) < 4.78 is 31.6. The topological polar surface area (TPSA) is 54.4 Å². The number of halogens is 2. The van der Waals surface area contributed by atoms with Crippen molar-refractivity contribution in [3.63, 3.8) is 0 Å². The summed E-state index contributed by atoms with van der Waals surface area (Å²) in [6.45, 7) is 0. The second-order valence-corrected chi connectivity index (χ2v) is 5.34. The Morgan fingerprint density at radius 2 is 1.75 bits per heavy atom. The van der Waals surface area contributed by atoms with E-state index in [2.05, 4.69) is 0 Å². The number of hydrogen-bond donors (Lipinski definition) is 1. The molecule has 0 aliphatic rings. The van der Waals surface area contributed by atoms with Gasteiger partial charge in [0.05, 0.1) is 10.0 Å². The van der Waals surface area contributed by atoms with E-state index in [9.17, 15) is 8.42 Å². The maximum absolute atomic E-state index is 11.2. The van der Waals surface area contributed by atoms with Gasteiger partial charge in [0.1, 0.15) is 4.90 Å². The molecule has 0 fully saturated rings. The van der Waals surface area contributed by atoms with Crippen molar-refractivity contribution >= 4 is 44.1 Å². The molecule has 2 aromatic carbocycles. The van der Waals surface area contributed by atoms with Crippen LogP contribution in [0, 0.1) is 0 Å². The van der Waals surface area contributed by atoms with Crippen molar-refractivity contribution in [2.24, 2.45) is 0 Å². The predicted octanol–water partition coefficient (Wildman–Crippen LogP) is 3.39. The lowest BCUT2D eigenvalue weighted by Crippen LogP contribution is -2.00. The minimum Gasteiger partial charge on any atom is -0.282 e. The summed E-state index contributed by atoms with van der Waals surface area (Å²) in [5.41, 5.74) is 0. The van der Waals surface area contributed by atoms with Crippen molar-refractivity contribution in [1.82, 2.24) is 0 Å². The van der Waals surface area contributed by atoms with Crippen LogP contribution in [0.15, 0.2) is 35.2 Å². The van der Waals surface area contributed by atoms with Crippen LogP contribution >= 0.6 is 23.2 Å². The molecule has 0 saturated heterocycles. The molecule has 84 valence electrons. The average Bonchev–Trinajstić information content (AvgIpc) is 2.17.